The highest BCUT2D eigenvalue weighted by atomic mass is 14.2. The van der Waals surface area contributed by atoms with Gasteiger partial charge in [-0.3, -0.25) is 0 Å². The molecule has 0 heterocycles. The van der Waals surface area contributed by atoms with E-state index in [4.69, 9.17) is 0 Å². The lowest BCUT2D eigenvalue weighted by Gasteiger charge is -2.17. The second kappa shape index (κ2) is 13.7. The van der Waals surface area contributed by atoms with Crippen molar-refractivity contribution in [2.24, 2.45) is 0 Å². The zero-order chi connectivity index (χ0) is 40.7. The van der Waals surface area contributed by atoms with E-state index in [2.05, 4.69) is 231 Å². The molecule has 0 fully saturated rings. The fourth-order valence-corrected chi connectivity index (χ4v) is 10.4. The minimum absolute atomic E-state index is 1.21. The summed E-state index contributed by atoms with van der Waals surface area (Å²) in [6, 6.07) is 85.4. The van der Waals surface area contributed by atoms with Gasteiger partial charge in [-0.1, -0.05) is 224 Å². The lowest BCUT2D eigenvalue weighted by atomic mass is 9.87. The summed E-state index contributed by atoms with van der Waals surface area (Å²) in [6.45, 7) is 0. The molecule has 0 radical (unpaired) electrons. The Morgan fingerprint density at radius 3 is 0.742 bits per heavy atom. The second-order valence-corrected chi connectivity index (χ2v) is 16.8. The quantitative estimate of drug-likeness (QED) is 0.147. The molecule has 0 saturated carbocycles. The monoisotopic (exact) mass is 782 g/mol. The summed E-state index contributed by atoms with van der Waals surface area (Å²) in [5.74, 6) is 0. The van der Waals surface area contributed by atoms with Crippen LogP contribution in [0.3, 0.4) is 0 Å². The van der Waals surface area contributed by atoms with E-state index in [9.17, 15) is 0 Å². The van der Waals surface area contributed by atoms with Crippen LogP contribution in [-0.4, -0.2) is 0 Å². The molecule has 286 valence electrons. The smallest absolute Gasteiger partial charge is 0.00203 e. The van der Waals surface area contributed by atoms with Crippen LogP contribution in [0.2, 0.25) is 0 Å². The van der Waals surface area contributed by atoms with Gasteiger partial charge in [-0.2, -0.15) is 0 Å². The zero-order valence-corrected chi connectivity index (χ0v) is 33.9. The molecule has 0 saturated heterocycles. The fourth-order valence-electron chi connectivity index (χ4n) is 10.4. The normalized spacial score (nSPS) is 11.9. The molecule has 13 rings (SSSR count). The van der Waals surface area contributed by atoms with Gasteiger partial charge in [0.05, 0.1) is 0 Å². The molecule has 0 atom stereocenters. The van der Waals surface area contributed by atoms with Gasteiger partial charge in [0.15, 0.2) is 0 Å². The van der Waals surface area contributed by atoms with Crippen LogP contribution < -0.4 is 0 Å². The Balaban J connectivity index is 0.825. The maximum absolute atomic E-state index is 2.32. The van der Waals surface area contributed by atoms with Crippen molar-refractivity contribution in [3.63, 3.8) is 0 Å². The predicted octanol–water partition coefficient (Wildman–Crippen LogP) is 17.5. The van der Waals surface area contributed by atoms with Crippen molar-refractivity contribution in [2.45, 2.75) is 0 Å². The van der Waals surface area contributed by atoms with Gasteiger partial charge in [0.25, 0.3) is 0 Å². The third-order valence-electron chi connectivity index (χ3n) is 13.4. The van der Waals surface area contributed by atoms with Crippen molar-refractivity contribution in [3.8, 4) is 66.8 Å². The van der Waals surface area contributed by atoms with Crippen molar-refractivity contribution in [2.75, 3.05) is 0 Å². The van der Waals surface area contributed by atoms with Gasteiger partial charge in [-0.15, -0.1) is 0 Å². The van der Waals surface area contributed by atoms with E-state index in [-0.39, 0.29) is 0 Å². The molecule has 62 heavy (non-hydrogen) atoms. The van der Waals surface area contributed by atoms with Gasteiger partial charge in [0.2, 0.25) is 0 Å². The maximum Gasteiger partial charge on any atom is -0.00203 e. The first-order chi connectivity index (χ1) is 30.7. The second-order valence-electron chi connectivity index (χ2n) is 16.8. The summed E-state index contributed by atoms with van der Waals surface area (Å²) in [7, 11) is 0. The van der Waals surface area contributed by atoms with E-state index in [0.29, 0.717) is 0 Å². The number of hydrogen-bond donors (Lipinski definition) is 0. The predicted molar refractivity (Wildman–Crippen MR) is 266 cm³/mol. The molecule has 0 bridgehead atoms. The van der Waals surface area contributed by atoms with Crippen LogP contribution in [0.25, 0.3) is 131 Å². The summed E-state index contributed by atoms with van der Waals surface area (Å²) in [6.07, 6.45) is 0. The van der Waals surface area contributed by atoms with Crippen molar-refractivity contribution < 1.29 is 0 Å². The van der Waals surface area contributed by atoms with Crippen LogP contribution in [-0.2, 0) is 0 Å². The van der Waals surface area contributed by atoms with E-state index in [1.54, 1.807) is 0 Å². The van der Waals surface area contributed by atoms with Gasteiger partial charge < -0.3 is 0 Å². The fraction of sp³-hybridized carbons (Fsp3) is 0. The van der Waals surface area contributed by atoms with Crippen molar-refractivity contribution in [1.82, 2.24) is 0 Å². The molecule has 0 aliphatic carbocycles. The van der Waals surface area contributed by atoms with E-state index in [0.717, 1.165) is 0 Å². The van der Waals surface area contributed by atoms with Crippen molar-refractivity contribution in [1.29, 1.82) is 0 Å². The molecule has 13 aromatic rings. The molecule has 0 N–H and O–H groups in total. The Bertz CT molecular complexity index is 3550. The molecule has 0 aliphatic heterocycles. The van der Waals surface area contributed by atoms with Crippen molar-refractivity contribution >= 4 is 64.6 Å². The molecule has 0 aromatic heterocycles. The highest BCUT2D eigenvalue weighted by Crippen LogP contribution is 2.44. The highest BCUT2D eigenvalue weighted by molar-refractivity contribution is 6.29. The molecule has 13 aromatic carbocycles. The minimum atomic E-state index is 1.21. The van der Waals surface area contributed by atoms with Crippen LogP contribution in [0.5, 0.6) is 0 Å². The highest BCUT2D eigenvalue weighted by Gasteiger charge is 2.17. The number of benzene rings is 13. The largest absolute Gasteiger partial charge is 0.0622 e. The topological polar surface area (TPSA) is 0 Å². The third kappa shape index (κ3) is 5.40. The first kappa shape index (κ1) is 34.8. The van der Waals surface area contributed by atoms with Gasteiger partial charge in [-0.25, -0.2) is 0 Å². The summed E-state index contributed by atoms with van der Waals surface area (Å²) in [4.78, 5) is 0. The molecule has 0 spiro atoms. The Morgan fingerprint density at radius 1 is 0.161 bits per heavy atom. The van der Waals surface area contributed by atoms with Gasteiger partial charge in [0.1, 0.15) is 0 Å². The Morgan fingerprint density at radius 2 is 0.419 bits per heavy atom. The summed E-state index contributed by atoms with van der Waals surface area (Å²) < 4.78 is 0. The Kier molecular flexibility index (Phi) is 7.71. The maximum atomic E-state index is 2.32. The lowest BCUT2D eigenvalue weighted by Crippen LogP contribution is -1.90. The van der Waals surface area contributed by atoms with Crippen molar-refractivity contribution in [3.05, 3.63) is 231 Å². The molecular weight excluding hydrogens is 745 g/mol. The molecular formula is C62H38. The summed E-state index contributed by atoms with van der Waals surface area (Å²) >= 11 is 0. The van der Waals surface area contributed by atoms with Gasteiger partial charge in [0, 0.05) is 0 Å². The van der Waals surface area contributed by atoms with E-state index >= 15 is 0 Å². The summed E-state index contributed by atoms with van der Waals surface area (Å²) in [5, 5.41) is 15.7. The van der Waals surface area contributed by atoms with Crippen LogP contribution in [0.1, 0.15) is 0 Å². The first-order valence-electron chi connectivity index (χ1n) is 21.6. The Labute approximate surface area is 360 Å². The van der Waals surface area contributed by atoms with E-state index in [1.807, 2.05) is 0 Å². The van der Waals surface area contributed by atoms with E-state index < -0.39 is 0 Å². The third-order valence-corrected chi connectivity index (χ3v) is 13.4. The number of hydrogen-bond acceptors (Lipinski definition) is 0. The first-order valence-corrected chi connectivity index (χ1v) is 21.6. The van der Waals surface area contributed by atoms with Crippen LogP contribution in [0, 0.1) is 0 Å². The van der Waals surface area contributed by atoms with Crippen LogP contribution in [0.15, 0.2) is 231 Å². The Hall–Kier alpha value is -8.06. The molecule has 0 aliphatic rings. The standard InChI is InChI=1S/C62H38/c1-3-8-41(9-4-1)51-30-22-45-28-36-57-53(32-24-47-26-34-55(51)59(45)61(47)57)43-18-14-39(15-19-43)49-12-7-13-50(38-49)40-16-20-44(21-17-40)54-33-25-48-27-35-56-52(42-10-5-2-6-11-42)31-23-46-29-37-58(54)62(48)60(46)56/h1-38H. The minimum Gasteiger partial charge on any atom is -0.0622 e. The average Bonchev–Trinajstić information content (AvgIpc) is 3.35. The zero-order valence-electron chi connectivity index (χ0n) is 33.9. The molecule has 0 amide bonds. The molecule has 0 heteroatoms. The van der Waals surface area contributed by atoms with Crippen LogP contribution >= 0.6 is 0 Å². The average molecular weight is 783 g/mol. The van der Waals surface area contributed by atoms with Gasteiger partial charge >= 0.3 is 0 Å². The SMILES string of the molecule is c1ccc(-c2ccc3ccc4c(-c5ccc(-c6cccc(-c7ccc(-c8ccc9ccc%10c(-c%11ccccc%11)ccc%11ccc8c9c%11%10)cc7)c6)cc5)ccc5ccc2c3c54)cc1. The van der Waals surface area contributed by atoms with Gasteiger partial charge in [-0.05, 0) is 137 Å². The summed E-state index contributed by atoms with van der Waals surface area (Å²) in [5.41, 5.74) is 14.9. The number of rotatable bonds is 6. The molecule has 0 nitrogen and oxygen atoms in total. The molecule has 0 unspecified atom stereocenters. The van der Waals surface area contributed by atoms with Crippen LogP contribution in [0.4, 0.5) is 0 Å². The lowest BCUT2D eigenvalue weighted by molar-refractivity contribution is 1.58. The van der Waals surface area contributed by atoms with E-state index in [1.165, 1.54) is 131 Å².